The first kappa shape index (κ1) is 12.3. The summed E-state index contributed by atoms with van der Waals surface area (Å²) in [7, 11) is 0. The van der Waals surface area contributed by atoms with Crippen LogP contribution in [0.15, 0.2) is 28.7 Å². The smallest absolute Gasteiger partial charge is 0.203 e. The number of aromatic nitrogens is 2. The fraction of sp³-hybridized carbons (Fsp3) is 0.273. The van der Waals surface area contributed by atoms with Gasteiger partial charge in [0.1, 0.15) is 10.8 Å². The van der Waals surface area contributed by atoms with Crippen LogP contribution in [0.2, 0.25) is 0 Å². The minimum absolute atomic E-state index is 0.522. The summed E-state index contributed by atoms with van der Waals surface area (Å²) in [6.07, 6.45) is 1.76. The molecule has 0 radical (unpaired) electrons. The minimum atomic E-state index is 0.522. The summed E-state index contributed by atoms with van der Waals surface area (Å²) in [4.78, 5) is 0. The Morgan fingerprint density at radius 3 is 2.65 bits per heavy atom. The molecule has 17 heavy (non-hydrogen) atoms. The Morgan fingerprint density at radius 2 is 2.00 bits per heavy atom. The van der Waals surface area contributed by atoms with Crippen molar-refractivity contribution < 1.29 is 4.74 Å². The number of nitrogen functional groups attached to an aromatic ring is 1. The molecule has 1 heterocycles. The molecule has 0 spiro atoms. The number of aryl methyl sites for hydroxylation is 1. The summed E-state index contributed by atoms with van der Waals surface area (Å²) in [6.45, 7) is 0.668. The first-order chi connectivity index (χ1) is 8.24. The minimum Gasteiger partial charge on any atom is -0.494 e. The van der Waals surface area contributed by atoms with Gasteiger partial charge in [-0.15, -0.1) is 10.2 Å². The Morgan fingerprint density at radius 1 is 1.24 bits per heavy atom. The van der Waals surface area contributed by atoms with Crippen molar-refractivity contribution in [3.05, 3.63) is 33.7 Å². The van der Waals surface area contributed by atoms with E-state index in [1.54, 1.807) is 0 Å². The maximum absolute atomic E-state index is 5.59. The van der Waals surface area contributed by atoms with E-state index in [0.29, 0.717) is 11.7 Å². The molecule has 0 saturated carbocycles. The molecule has 2 rings (SSSR count). The first-order valence-corrected chi connectivity index (χ1v) is 6.81. The Kier molecular flexibility index (Phi) is 4.33. The molecule has 0 bridgehead atoms. The van der Waals surface area contributed by atoms with E-state index in [1.165, 1.54) is 11.3 Å². The highest BCUT2D eigenvalue weighted by Gasteiger charge is 2.01. The van der Waals surface area contributed by atoms with Gasteiger partial charge in [0, 0.05) is 10.9 Å². The van der Waals surface area contributed by atoms with Crippen LogP contribution in [0.5, 0.6) is 5.75 Å². The third-order valence-corrected chi connectivity index (χ3v) is 3.44. The van der Waals surface area contributed by atoms with Crippen molar-refractivity contribution in [2.45, 2.75) is 12.8 Å². The number of halogens is 1. The van der Waals surface area contributed by atoms with E-state index in [9.17, 15) is 0 Å². The molecule has 90 valence electrons. The fourth-order valence-electron chi connectivity index (χ4n) is 1.31. The lowest BCUT2D eigenvalue weighted by Gasteiger charge is -2.04. The van der Waals surface area contributed by atoms with Gasteiger partial charge in [0.2, 0.25) is 5.13 Å². The Bertz CT molecular complexity index is 472. The van der Waals surface area contributed by atoms with Gasteiger partial charge in [-0.3, -0.25) is 0 Å². The van der Waals surface area contributed by atoms with Gasteiger partial charge < -0.3 is 10.5 Å². The van der Waals surface area contributed by atoms with Crippen LogP contribution in [-0.2, 0) is 6.42 Å². The van der Waals surface area contributed by atoms with Crippen molar-refractivity contribution in [3.63, 3.8) is 0 Å². The second kappa shape index (κ2) is 5.97. The number of hydrogen-bond acceptors (Lipinski definition) is 5. The summed E-state index contributed by atoms with van der Waals surface area (Å²) in [5, 5.41) is 9.20. The van der Waals surface area contributed by atoms with E-state index in [2.05, 4.69) is 26.1 Å². The summed E-state index contributed by atoms with van der Waals surface area (Å²) < 4.78 is 6.64. The van der Waals surface area contributed by atoms with Crippen LogP contribution in [-0.4, -0.2) is 16.8 Å². The average molecular weight is 314 g/mol. The van der Waals surface area contributed by atoms with E-state index in [-0.39, 0.29) is 0 Å². The number of anilines is 1. The molecule has 1 aromatic carbocycles. The molecule has 1 aromatic heterocycles. The van der Waals surface area contributed by atoms with Gasteiger partial charge in [-0.1, -0.05) is 27.3 Å². The Labute approximate surface area is 112 Å². The first-order valence-electron chi connectivity index (χ1n) is 5.20. The highest BCUT2D eigenvalue weighted by atomic mass is 79.9. The van der Waals surface area contributed by atoms with Gasteiger partial charge in [-0.25, -0.2) is 0 Å². The zero-order chi connectivity index (χ0) is 12.1. The lowest BCUT2D eigenvalue weighted by molar-refractivity contribution is 0.311. The monoisotopic (exact) mass is 313 g/mol. The van der Waals surface area contributed by atoms with Crippen molar-refractivity contribution in [2.24, 2.45) is 0 Å². The normalized spacial score (nSPS) is 10.4. The highest BCUT2D eigenvalue weighted by molar-refractivity contribution is 9.10. The van der Waals surface area contributed by atoms with Crippen molar-refractivity contribution in [1.82, 2.24) is 10.2 Å². The van der Waals surface area contributed by atoms with E-state index in [1.807, 2.05) is 24.3 Å². The van der Waals surface area contributed by atoms with Crippen LogP contribution in [0, 0.1) is 0 Å². The second-order valence-electron chi connectivity index (χ2n) is 3.44. The Hall–Kier alpha value is -1.14. The molecular weight excluding hydrogens is 302 g/mol. The zero-order valence-electron chi connectivity index (χ0n) is 9.10. The number of benzene rings is 1. The van der Waals surface area contributed by atoms with Gasteiger partial charge >= 0.3 is 0 Å². The molecule has 0 aliphatic carbocycles. The molecule has 0 atom stereocenters. The molecule has 0 aliphatic rings. The molecule has 6 heteroatoms. The third kappa shape index (κ3) is 3.98. The van der Waals surface area contributed by atoms with Gasteiger partial charge in [0.05, 0.1) is 6.61 Å². The molecule has 2 N–H and O–H groups in total. The molecule has 0 saturated heterocycles. The van der Waals surface area contributed by atoms with Crippen LogP contribution in [0.1, 0.15) is 11.4 Å². The Balaban J connectivity index is 1.71. The molecule has 0 unspecified atom stereocenters. The van der Waals surface area contributed by atoms with Crippen LogP contribution in [0.3, 0.4) is 0 Å². The van der Waals surface area contributed by atoms with Gasteiger partial charge in [-0.05, 0) is 30.7 Å². The molecule has 0 fully saturated rings. The quantitative estimate of drug-likeness (QED) is 0.862. The molecule has 0 aliphatic heterocycles. The van der Waals surface area contributed by atoms with E-state index in [0.717, 1.165) is 28.1 Å². The molecule has 2 aromatic rings. The maximum atomic E-state index is 5.59. The van der Waals surface area contributed by atoms with Gasteiger partial charge in [0.15, 0.2) is 0 Å². The van der Waals surface area contributed by atoms with Crippen LogP contribution in [0.25, 0.3) is 0 Å². The zero-order valence-corrected chi connectivity index (χ0v) is 11.5. The number of rotatable bonds is 5. The van der Waals surface area contributed by atoms with E-state index < -0.39 is 0 Å². The van der Waals surface area contributed by atoms with Gasteiger partial charge in [-0.2, -0.15) is 0 Å². The largest absolute Gasteiger partial charge is 0.494 e. The lowest BCUT2D eigenvalue weighted by Crippen LogP contribution is -1.99. The standard InChI is InChI=1S/C11H12BrN3OS/c12-8-3-5-9(6-4-8)16-7-1-2-10-14-15-11(13)17-10/h3-6H,1-2,7H2,(H2,13,15). The number of hydrogen-bond donors (Lipinski definition) is 1. The topological polar surface area (TPSA) is 61.0 Å². The van der Waals surface area contributed by atoms with Crippen molar-refractivity contribution in [1.29, 1.82) is 0 Å². The van der Waals surface area contributed by atoms with Crippen molar-refractivity contribution in [2.75, 3.05) is 12.3 Å². The number of nitrogens with zero attached hydrogens (tertiary/aromatic N) is 2. The van der Waals surface area contributed by atoms with Crippen LogP contribution < -0.4 is 10.5 Å². The van der Waals surface area contributed by atoms with Gasteiger partial charge in [0.25, 0.3) is 0 Å². The SMILES string of the molecule is Nc1nnc(CCCOc2ccc(Br)cc2)s1. The fourth-order valence-corrected chi connectivity index (χ4v) is 2.23. The van der Waals surface area contributed by atoms with Crippen molar-refractivity contribution >= 4 is 32.4 Å². The maximum Gasteiger partial charge on any atom is 0.203 e. The second-order valence-corrected chi connectivity index (χ2v) is 5.45. The van der Waals surface area contributed by atoms with Crippen molar-refractivity contribution in [3.8, 4) is 5.75 Å². The molecule has 4 nitrogen and oxygen atoms in total. The summed E-state index contributed by atoms with van der Waals surface area (Å²) >= 11 is 4.81. The predicted octanol–water partition coefficient (Wildman–Crippen LogP) is 2.89. The predicted molar refractivity (Wildman–Crippen MR) is 72.3 cm³/mol. The summed E-state index contributed by atoms with van der Waals surface area (Å²) in [6, 6.07) is 7.79. The highest BCUT2D eigenvalue weighted by Crippen LogP contribution is 2.17. The average Bonchev–Trinajstić information content (AvgIpc) is 2.73. The lowest BCUT2D eigenvalue weighted by atomic mass is 10.3. The molecular formula is C11H12BrN3OS. The van der Waals surface area contributed by atoms with Crippen LogP contribution in [0.4, 0.5) is 5.13 Å². The van der Waals surface area contributed by atoms with Crippen LogP contribution >= 0.6 is 27.3 Å². The summed E-state index contributed by atoms with van der Waals surface area (Å²) in [5.74, 6) is 0.880. The van der Waals surface area contributed by atoms with E-state index in [4.69, 9.17) is 10.5 Å². The van der Waals surface area contributed by atoms with E-state index >= 15 is 0 Å². The number of nitrogens with two attached hydrogens (primary N) is 1. The number of ether oxygens (including phenoxy) is 1. The summed E-state index contributed by atoms with van der Waals surface area (Å²) in [5.41, 5.74) is 5.50. The molecule has 0 amide bonds. The third-order valence-electron chi connectivity index (χ3n) is 2.10.